The van der Waals surface area contributed by atoms with Crippen LogP contribution in [0.25, 0.3) is 0 Å². The second-order valence-electron chi connectivity index (χ2n) is 7.14. The van der Waals surface area contributed by atoms with Crippen molar-refractivity contribution < 1.29 is 14.3 Å². The molecule has 140 valence electrons. The Labute approximate surface area is 175 Å². The highest BCUT2D eigenvalue weighted by Crippen LogP contribution is 2.44. The van der Waals surface area contributed by atoms with Gasteiger partial charge in [-0.05, 0) is 56.2 Å². The van der Waals surface area contributed by atoms with Gasteiger partial charge in [-0.15, -0.1) is 0 Å². The Hall–Kier alpha value is -1.66. The van der Waals surface area contributed by atoms with E-state index in [-0.39, 0.29) is 33.3 Å². The molecular formula is C21H19Br2NO3. The summed E-state index contributed by atoms with van der Waals surface area (Å²) in [6.45, 7) is 2.02. The van der Waals surface area contributed by atoms with E-state index < -0.39 is 0 Å². The fourth-order valence-electron chi connectivity index (χ4n) is 3.76. The van der Waals surface area contributed by atoms with E-state index in [2.05, 4.69) is 31.9 Å². The van der Waals surface area contributed by atoms with Gasteiger partial charge >= 0.3 is 0 Å². The predicted molar refractivity (Wildman–Crippen MR) is 112 cm³/mol. The summed E-state index contributed by atoms with van der Waals surface area (Å²) in [5, 5.41) is 0. The second kappa shape index (κ2) is 7.40. The summed E-state index contributed by atoms with van der Waals surface area (Å²) < 4.78 is 5.83. The average Bonchev–Trinajstić information content (AvgIpc) is 2.89. The molecule has 0 bridgehead atoms. The summed E-state index contributed by atoms with van der Waals surface area (Å²) in [6, 6.07) is 14.9. The third-order valence-corrected chi connectivity index (χ3v) is 8.00. The quantitative estimate of drug-likeness (QED) is 0.436. The van der Waals surface area contributed by atoms with Gasteiger partial charge in [-0.3, -0.25) is 14.5 Å². The number of anilines is 1. The Morgan fingerprint density at radius 1 is 0.815 bits per heavy atom. The largest absolute Gasteiger partial charge is 0.457 e. The van der Waals surface area contributed by atoms with E-state index in [4.69, 9.17) is 4.74 Å². The van der Waals surface area contributed by atoms with E-state index in [0.717, 1.165) is 5.75 Å². The van der Waals surface area contributed by atoms with Crippen molar-refractivity contribution in [1.29, 1.82) is 0 Å². The zero-order chi connectivity index (χ0) is 19.1. The Morgan fingerprint density at radius 2 is 1.26 bits per heavy atom. The number of carbonyl (C=O) groups is 2. The van der Waals surface area contributed by atoms with Crippen molar-refractivity contribution in [2.24, 2.45) is 11.8 Å². The molecule has 0 aromatic heterocycles. The number of ether oxygens (including phenoxy) is 1. The van der Waals surface area contributed by atoms with Gasteiger partial charge in [0.2, 0.25) is 11.8 Å². The SMILES string of the molecule is Cc1ccc(Oc2ccc(N3C(=O)[C@@H]4C[C@H](Br)[C@@H](Br)C[C@H]4C3=O)cc2)cc1. The molecule has 1 aliphatic heterocycles. The molecule has 2 aromatic carbocycles. The minimum atomic E-state index is -0.237. The minimum absolute atomic E-state index is 0.0962. The number of benzene rings is 2. The predicted octanol–water partition coefficient (Wildman–Crippen LogP) is 5.21. The first-order chi connectivity index (χ1) is 12.9. The molecule has 1 saturated heterocycles. The maximum atomic E-state index is 12.8. The Kier molecular flexibility index (Phi) is 5.12. The summed E-state index contributed by atoms with van der Waals surface area (Å²) >= 11 is 7.23. The van der Waals surface area contributed by atoms with Crippen molar-refractivity contribution in [3.8, 4) is 11.5 Å². The fourth-order valence-corrected chi connectivity index (χ4v) is 4.99. The van der Waals surface area contributed by atoms with E-state index in [9.17, 15) is 9.59 Å². The molecule has 2 aliphatic rings. The van der Waals surface area contributed by atoms with Gasteiger partial charge in [0.1, 0.15) is 11.5 Å². The van der Waals surface area contributed by atoms with Crippen LogP contribution in [0.2, 0.25) is 0 Å². The van der Waals surface area contributed by atoms with Gasteiger partial charge in [-0.1, -0.05) is 49.6 Å². The van der Waals surface area contributed by atoms with Crippen LogP contribution in [0, 0.1) is 18.8 Å². The molecule has 0 unspecified atom stereocenters. The molecule has 4 atom stereocenters. The van der Waals surface area contributed by atoms with E-state index in [1.165, 1.54) is 10.5 Å². The van der Waals surface area contributed by atoms with E-state index in [1.807, 2.05) is 31.2 Å². The number of nitrogens with zero attached hydrogens (tertiary/aromatic N) is 1. The van der Waals surface area contributed by atoms with Gasteiger partial charge in [0, 0.05) is 9.65 Å². The standard InChI is InChI=1S/C21H19Br2NO3/c1-12-2-6-14(7-3-12)27-15-8-4-13(5-9-15)24-20(25)16-10-18(22)19(23)11-17(16)21(24)26/h2-9,16-19H,10-11H2,1H3/t16-,17-,18+,19+/m1/s1. The molecule has 1 heterocycles. The molecule has 0 N–H and O–H groups in total. The molecule has 2 aromatic rings. The van der Waals surface area contributed by atoms with Crippen LogP contribution < -0.4 is 9.64 Å². The third kappa shape index (κ3) is 3.57. The van der Waals surface area contributed by atoms with Crippen molar-refractivity contribution >= 4 is 49.4 Å². The number of halogens is 2. The molecule has 0 radical (unpaired) electrons. The monoisotopic (exact) mass is 491 g/mol. The van der Waals surface area contributed by atoms with Gasteiger partial charge < -0.3 is 4.74 Å². The van der Waals surface area contributed by atoms with Crippen LogP contribution in [0.5, 0.6) is 11.5 Å². The maximum absolute atomic E-state index is 12.8. The topological polar surface area (TPSA) is 46.6 Å². The van der Waals surface area contributed by atoms with E-state index >= 15 is 0 Å². The number of amides is 2. The molecule has 4 nitrogen and oxygen atoms in total. The lowest BCUT2D eigenvalue weighted by molar-refractivity contribution is -0.122. The smallest absolute Gasteiger partial charge is 0.237 e. The Balaban J connectivity index is 1.52. The maximum Gasteiger partial charge on any atom is 0.237 e. The number of carbonyl (C=O) groups excluding carboxylic acids is 2. The van der Waals surface area contributed by atoms with Crippen molar-refractivity contribution in [2.45, 2.75) is 29.4 Å². The average molecular weight is 493 g/mol. The highest BCUT2D eigenvalue weighted by atomic mass is 79.9. The highest BCUT2D eigenvalue weighted by molar-refractivity contribution is 9.12. The zero-order valence-electron chi connectivity index (χ0n) is 14.8. The highest BCUT2D eigenvalue weighted by Gasteiger charge is 2.52. The fraction of sp³-hybridized carbons (Fsp3) is 0.333. The van der Waals surface area contributed by atoms with Crippen LogP contribution in [-0.4, -0.2) is 21.5 Å². The first kappa shape index (κ1) is 18.7. The first-order valence-electron chi connectivity index (χ1n) is 8.94. The van der Waals surface area contributed by atoms with Crippen molar-refractivity contribution in [1.82, 2.24) is 0 Å². The number of aryl methyl sites for hydroxylation is 1. The third-order valence-electron chi connectivity index (χ3n) is 5.26. The van der Waals surface area contributed by atoms with Crippen LogP contribution in [-0.2, 0) is 9.59 Å². The summed E-state index contributed by atoms with van der Waals surface area (Å²) in [5.74, 6) is 0.750. The summed E-state index contributed by atoms with van der Waals surface area (Å²) in [7, 11) is 0. The van der Waals surface area contributed by atoms with Crippen LogP contribution in [0.3, 0.4) is 0 Å². The lowest BCUT2D eigenvalue weighted by Gasteiger charge is -2.29. The first-order valence-corrected chi connectivity index (χ1v) is 10.8. The summed E-state index contributed by atoms with van der Waals surface area (Å²) in [6.07, 6.45) is 1.35. The molecular weight excluding hydrogens is 474 g/mol. The van der Waals surface area contributed by atoms with Crippen LogP contribution in [0.4, 0.5) is 5.69 Å². The number of hydrogen-bond acceptors (Lipinski definition) is 3. The van der Waals surface area contributed by atoms with Crippen LogP contribution >= 0.6 is 31.9 Å². The molecule has 4 rings (SSSR count). The van der Waals surface area contributed by atoms with Crippen LogP contribution in [0.15, 0.2) is 48.5 Å². The lowest BCUT2D eigenvalue weighted by atomic mass is 9.81. The number of fused-ring (bicyclic) bond motifs is 1. The second-order valence-corrected chi connectivity index (χ2v) is 9.49. The lowest BCUT2D eigenvalue weighted by Crippen LogP contribution is -2.34. The van der Waals surface area contributed by atoms with Gasteiger partial charge in [0.25, 0.3) is 0 Å². The Bertz CT molecular complexity index is 838. The van der Waals surface area contributed by atoms with Gasteiger partial charge in [0.05, 0.1) is 17.5 Å². The summed E-state index contributed by atoms with van der Waals surface area (Å²) in [5.41, 5.74) is 1.77. The van der Waals surface area contributed by atoms with Gasteiger partial charge in [0.15, 0.2) is 0 Å². The van der Waals surface area contributed by atoms with Crippen molar-refractivity contribution in [3.63, 3.8) is 0 Å². The molecule has 27 heavy (non-hydrogen) atoms. The van der Waals surface area contributed by atoms with E-state index in [0.29, 0.717) is 24.3 Å². The minimum Gasteiger partial charge on any atom is -0.457 e. The Morgan fingerprint density at radius 3 is 1.74 bits per heavy atom. The zero-order valence-corrected chi connectivity index (χ0v) is 17.9. The van der Waals surface area contributed by atoms with E-state index in [1.54, 1.807) is 24.3 Å². The van der Waals surface area contributed by atoms with Gasteiger partial charge in [-0.2, -0.15) is 0 Å². The number of hydrogen-bond donors (Lipinski definition) is 0. The molecule has 1 saturated carbocycles. The molecule has 6 heteroatoms. The molecule has 2 amide bonds. The molecule has 1 aliphatic carbocycles. The molecule has 2 fully saturated rings. The molecule has 0 spiro atoms. The normalized spacial score (nSPS) is 27.6. The van der Waals surface area contributed by atoms with Crippen molar-refractivity contribution in [2.75, 3.05) is 4.90 Å². The van der Waals surface area contributed by atoms with Crippen molar-refractivity contribution in [3.05, 3.63) is 54.1 Å². The number of imide groups is 1. The number of rotatable bonds is 3. The number of alkyl halides is 2. The van der Waals surface area contributed by atoms with Crippen LogP contribution in [0.1, 0.15) is 18.4 Å². The summed E-state index contributed by atoms with van der Waals surface area (Å²) in [4.78, 5) is 27.5. The van der Waals surface area contributed by atoms with Gasteiger partial charge in [-0.25, -0.2) is 0 Å².